The van der Waals surface area contributed by atoms with Crippen LogP contribution < -0.4 is 0 Å². The lowest BCUT2D eigenvalue weighted by Gasteiger charge is -2.45. The number of ether oxygens (including phenoxy) is 1. The molecule has 2 saturated carbocycles. The molecule has 7 nitrogen and oxygen atoms in total. The van der Waals surface area contributed by atoms with Crippen LogP contribution in [-0.4, -0.2) is 69.2 Å². The molecule has 5 rings (SSSR count). The fourth-order valence-corrected chi connectivity index (χ4v) is 5.30. The van der Waals surface area contributed by atoms with Gasteiger partial charge in [-0.25, -0.2) is 14.8 Å². The van der Waals surface area contributed by atoms with Crippen LogP contribution in [0, 0.1) is 0 Å². The highest BCUT2D eigenvalue weighted by atomic mass is 19.4. The second-order valence-corrected chi connectivity index (χ2v) is 10.0. The summed E-state index contributed by atoms with van der Waals surface area (Å²) in [7, 11) is 0. The Bertz CT molecular complexity index is 920. The molecule has 1 atom stereocenters. The highest BCUT2D eigenvalue weighted by Gasteiger charge is 2.59. The number of amides is 2. The van der Waals surface area contributed by atoms with Crippen molar-refractivity contribution in [2.75, 3.05) is 19.6 Å². The second-order valence-electron chi connectivity index (χ2n) is 10.0. The zero-order valence-electron chi connectivity index (χ0n) is 18.7. The van der Waals surface area contributed by atoms with Gasteiger partial charge in [-0.05, 0) is 69.8 Å². The van der Waals surface area contributed by atoms with Crippen molar-refractivity contribution in [2.45, 2.75) is 87.4 Å². The van der Waals surface area contributed by atoms with Crippen LogP contribution in [0.15, 0.2) is 12.4 Å². The first-order chi connectivity index (χ1) is 15.6. The molecule has 10 heteroatoms. The Balaban J connectivity index is 1.25. The molecule has 0 N–H and O–H groups in total. The number of carbonyl (C=O) groups is 2. The van der Waals surface area contributed by atoms with Gasteiger partial charge in [0.25, 0.3) is 0 Å². The van der Waals surface area contributed by atoms with Crippen molar-refractivity contribution in [2.24, 2.45) is 0 Å². The zero-order chi connectivity index (χ0) is 23.4. The number of piperidine rings is 1. The van der Waals surface area contributed by atoms with Crippen molar-refractivity contribution >= 4 is 12.0 Å². The van der Waals surface area contributed by atoms with Gasteiger partial charge in [0.2, 0.25) is 5.91 Å². The van der Waals surface area contributed by atoms with Gasteiger partial charge in [0.1, 0.15) is 11.2 Å². The average molecular weight is 467 g/mol. The third-order valence-electron chi connectivity index (χ3n) is 7.84. The smallest absolute Gasteiger partial charge is 0.425 e. The predicted octanol–water partition coefficient (Wildman–Crippen LogP) is 3.93. The molecule has 4 aliphatic rings. The van der Waals surface area contributed by atoms with Crippen molar-refractivity contribution in [1.29, 1.82) is 0 Å². The van der Waals surface area contributed by atoms with E-state index in [1.165, 1.54) is 17.7 Å². The fraction of sp³-hybridized carbons (Fsp3) is 0.739. The number of aromatic nitrogens is 2. The summed E-state index contributed by atoms with van der Waals surface area (Å²) in [6.45, 7) is 2.02. The summed E-state index contributed by atoms with van der Waals surface area (Å²) in [6, 6.07) is 0. The number of carbonyl (C=O) groups excluding carboxylic acids is 2. The second kappa shape index (κ2) is 7.84. The Hall–Kier alpha value is -2.39. The number of alkyl halides is 3. The topological polar surface area (TPSA) is 75.6 Å². The van der Waals surface area contributed by atoms with E-state index in [0.717, 1.165) is 38.2 Å². The number of likely N-dealkylation sites (tertiary alicyclic amines) is 2. The van der Waals surface area contributed by atoms with E-state index in [1.54, 1.807) is 0 Å². The fourth-order valence-electron chi connectivity index (χ4n) is 5.30. The van der Waals surface area contributed by atoms with Crippen LogP contribution in [0.3, 0.4) is 0 Å². The van der Waals surface area contributed by atoms with Gasteiger partial charge in [-0.15, -0.1) is 0 Å². The highest BCUT2D eigenvalue weighted by Crippen LogP contribution is 2.51. The van der Waals surface area contributed by atoms with Gasteiger partial charge in [-0.1, -0.05) is 0 Å². The first-order valence-corrected chi connectivity index (χ1v) is 11.8. The number of hydrogen-bond donors (Lipinski definition) is 0. The Morgan fingerprint density at radius 3 is 2.24 bits per heavy atom. The molecule has 2 aliphatic carbocycles. The lowest BCUT2D eigenvalue weighted by Crippen LogP contribution is -2.57. The molecule has 2 saturated heterocycles. The van der Waals surface area contributed by atoms with Crippen LogP contribution in [0.2, 0.25) is 0 Å². The highest BCUT2D eigenvalue weighted by molar-refractivity contribution is 5.91. The van der Waals surface area contributed by atoms with Gasteiger partial charge < -0.3 is 14.5 Å². The van der Waals surface area contributed by atoms with Gasteiger partial charge in [0.05, 0.1) is 0 Å². The van der Waals surface area contributed by atoms with Crippen LogP contribution in [0.1, 0.15) is 75.6 Å². The van der Waals surface area contributed by atoms with E-state index in [4.69, 9.17) is 0 Å². The van der Waals surface area contributed by atoms with E-state index in [9.17, 15) is 22.8 Å². The molecule has 0 bridgehead atoms. The number of hydrogen-bond acceptors (Lipinski definition) is 5. The SMILES string of the molecule is CC(OC(=O)N1CCC2(CCCN2C(=O)C2(c3ncc(C4CC4)cn3)CC2)CC1)C(F)(F)F. The van der Waals surface area contributed by atoms with E-state index in [-0.39, 0.29) is 24.5 Å². The summed E-state index contributed by atoms with van der Waals surface area (Å²) < 4.78 is 42.8. The van der Waals surface area contributed by atoms with E-state index in [2.05, 4.69) is 14.7 Å². The lowest BCUT2D eigenvalue weighted by atomic mass is 9.84. The zero-order valence-corrected chi connectivity index (χ0v) is 18.7. The van der Waals surface area contributed by atoms with Gasteiger partial charge in [-0.2, -0.15) is 13.2 Å². The van der Waals surface area contributed by atoms with Gasteiger partial charge in [-0.3, -0.25) is 4.79 Å². The molecule has 0 aromatic carbocycles. The average Bonchev–Trinajstić information content (AvgIpc) is 3.71. The molecule has 1 aromatic rings. The molecule has 1 aromatic heterocycles. The van der Waals surface area contributed by atoms with Crippen LogP contribution in [0.25, 0.3) is 0 Å². The normalized spacial score (nSPS) is 24.6. The number of halogens is 3. The molecule has 2 aliphatic heterocycles. The minimum atomic E-state index is -4.58. The van der Waals surface area contributed by atoms with Crippen molar-refractivity contribution in [1.82, 2.24) is 19.8 Å². The van der Waals surface area contributed by atoms with E-state index in [0.29, 0.717) is 31.1 Å². The standard InChI is InChI=1S/C23H29F3N4O3/c1-15(23(24,25)26)33-20(32)29-11-8-21(9-12-29)5-2-10-30(21)19(31)22(6-7-22)18-27-13-17(14-28-18)16-3-4-16/h13-16H,2-12H2,1H3. The summed E-state index contributed by atoms with van der Waals surface area (Å²) in [5, 5.41) is 0. The molecule has 0 radical (unpaired) electrons. The predicted molar refractivity (Wildman–Crippen MR) is 111 cm³/mol. The molecular formula is C23H29F3N4O3. The van der Waals surface area contributed by atoms with Crippen LogP contribution in [0.4, 0.5) is 18.0 Å². The third-order valence-corrected chi connectivity index (χ3v) is 7.84. The van der Waals surface area contributed by atoms with E-state index in [1.807, 2.05) is 17.3 Å². The first-order valence-electron chi connectivity index (χ1n) is 11.8. The molecule has 1 unspecified atom stereocenters. The molecule has 180 valence electrons. The van der Waals surface area contributed by atoms with Gasteiger partial charge >= 0.3 is 12.3 Å². The van der Waals surface area contributed by atoms with Gasteiger partial charge in [0.15, 0.2) is 6.10 Å². The summed E-state index contributed by atoms with van der Waals surface area (Å²) in [5.41, 5.74) is 0.115. The van der Waals surface area contributed by atoms with Crippen LogP contribution in [0.5, 0.6) is 0 Å². The molecule has 2 amide bonds. The summed E-state index contributed by atoms with van der Waals surface area (Å²) in [6.07, 6.45) is 2.61. The quantitative estimate of drug-likeness (QED) is 0.672. The number of rotatable bonds is 4. The first kappa shape index (κ1) is 22.4. The van der Waals surface area contributed by atoms with Crippen molar-refractivity contribution < 1.29 is 27.5 Å². The van der Waals surface area contributed by atoms with Crippen molar-refractivity contribution in [3.8, 4) is 0 Å². The van der Waals surface area contributed by atoms with Crippen molar-refractivity contribution in [3.63, 3.8) is 0 Å². The minimum absolute atomic E-state index is 0.0564. The number of nitrogens with zero attached hydrogens (tertiary/aromatic N) is 4. The Morgan fingerprint density at radius 2 is 1.70 bits per heavy atom. The molecular weight excluding hydrogens is 437 g/mol. The third kappa shape index (κ3) is 4.05. The van der Waals surface area contributed by atoms with Crippen molar-refractivity contribution in [3.05, 3.63) is 23.8 Å². The Labute approximate surface area is 190 Å². The Kier molecular flexibility index (Phi) is 5.32. The Morgan fingerprint density at radius 1 is 1.06 bits per heavy atom. The molecule has 4 fully saturated rings. The van der Waals surface area contributed by atoms with E-state index >= 15 is 0 Å². The maximum atomic E-state index is 13.7. The molecule has 1 spiro atoms. The minimum Gasteiger partial charge on any atom is -0.437 e. The van der Waals surface area contributed by atoms with E-state index < -0.39 is 23.8 Å². The molecule has 3 heterocycles. The summed E-state index contributed by atoms with van der Waals surface area (Å²) >= 11 is 0. The summed E-state index contributed by atoms with van der Waals surface area (Å²) in [4.78, 5) is 38.3. The van der Waals surface area contributed by atoms with Crippen LogP contribution in [-0.2, 0) is 14.9 Å². The monoisotopic (exact) mass is 466 g/mol. The largest absolute Gasteiger partial charge is 0.437 e. The maximum Gasteiger partial charge on any atom is 0.425 e. The lowest BCUT2D eigenvalue weighted by molar-refractivity contribution is -0.200. The molecule has 33 heavy (non-hydrogen) atoms. The van der Waals surface area contributed by atoms with Crippen LogP contribution >= 0.6 is 0 Å². The maximum absolute atomic E-state index is 13.7. The summed E-state index contributed by atoms with van der Waals surface area (Å²) in [5.74, 6) is 1.21. The van der Waals surface area contributed by atoms with Gasteiger partial charge in [0, 0.05) is 37.6 Å².